The number of nitrogens with zero attached hydrogens (tertiary/aromatic N) is 2. The third-order valence-corrected chi connectivity index (χ3v) is 4.25. The largest absolute Gasteiger partial charge is 0.316 e. The van der Waals surface area contributed by atoms with Crippen LogP contribution in [-0.4, -0.2) is 33.2 Å². The van der Waals surface area contributed by atoms with Gasteiger partial charge in [0.2, 0.25) is 0 Å². The van der Waals surface area contributed by atoms with Gasteiger partial charge in [0.15, 0.2) is 0 Å². The molecule has 1 aliphatic rings. The fraction of sp³-hybridized carbons (Fsp3) is 0.636. The van der Waals surface area contributed by atoms with Gasteiger partial charge in [0.05, 0.1) is 16.5 Å². The van der Waals surface area contributed by atoms with E-state index in [1.807, 2.05) is 19.1 Å². The predicted molar refractivity (Wildman–Crippen MR) is 63.6 cm³/mol. The second kappa shape index (κ2) is 5.50. The fourth-order valence-corrected chi connectivity index (χ4v) is 3.11. The molecule has 5 heteroatoms. The van der Waals surface area contributed by atoms with Crippen LogP contribution in [0.15, 0.2) is 17.2 Å². The molecule has 1 fully saturated rings. The zero-order chi connectivity index (χ0) is 11.4. The van der Waals surface area contributed by atoms with Crippen molar-refractivity contribution in [3.63, 3.8) is 0 Å². The molecule has 2 unspecified atom stereocenters. The lowest BCUT2D eigenvalue weighted by Gasteiger charge is -2.21. The molecule has 0 radical (unpaired) electrons. The SMILES string of the molecule is Cc1ccc(S(=O)CC2CCCNC2)nn1. The van der Waals surface area contributed by atoms with E-state index >= 15 is 0 Å². The molecule has 0 aromatic carbocycles. The highest BCUT2D eigenvalue weighted by Crippen LogP contribution is 2.14. The summed E-state index contributed by atoms with van der Waals surface area (Å²) < 4.78 is 12.0. The van der Waals surface area contributed by atoms with Gasteiger partial charge >= 0.3 is 0 Å². The van der Waals surface area contributed by atoms with Gasteiger partial charge in [-0.3, -0.25) is 4.21 Å². The van der Waals surface area contributed by atoms with Crippen molar-refractivity contribution in [2.24, 2.45) is 5.92 Å². The van der Waals surface area contributed by atoms with Crippen molar-refractivity contribution in [2.45, 2.75) is 24.8 Å². The molecular formula is C11H17N3OS. The van der Waals surface area contributed by atoms with Gasteiger partial charge in [-0.15, -0.1) is 5.10 Å². The molecule has 4 nitrogen and oxygen atoms in total. The van der Waals surface area contributed by atoms with Gasteiger partial charge < -0.3 is 5.32 Å². The average Bonchev–Trinajstić information content (AvgIpc) is 2.31. The van der Waals surface area contributed by atoms with E-state index < -0.39 is 10.8 Å². The standard InChI is InChI=1S/C11H17N3OS/c1-9-4-5-11(14-13-9)16(15)8-10-3-2-6-12-7-10/h4-5,10,12H,2-3,6-8H2,1H3. The maximum absolute atomic E-state index is 12.0. The molecule has 1 aromatic rings. The van der Waals surface area contributed by atoms with Crippen molar-refractivity contribution in [3.05, 3.63) is 17.8 Å². The van der Waals surface area contributed by atoms with Crippen molar-refractivity contribution in [1.82, 2.24) is 15.5 Å². The van der Waals surface area contributed by atoms with E-state index in [1.54, 1.807) is 0 Å². The topological polar surface area (TPSA) is 54.9 Å². The third kappa shape index (κ3) is 3.09. The molecule has 16 heavy (non-hydrogen) atoms. The Kier molecular flexibility index (Phi) is 4.01. The van der Waals surface area contributed by atoms with Gasteiger partial charge in [-0.2, -0.15) is 5.10 Å². The minimum absolute atomic E-state index is 0.512. The lowest BCUT2D eigenvalue weighted by molar-refractivity contribution is 0.407. The predicted octanol–water partition coefficient (Wildman–Crippen LogP) is 0.892. The maximum Gasteiger partial charge on any atom is 0.149 e. The molecular weight excluding hydrogens is 222 g/mol. The van der Waals surface area contributed by atoms with Gasteiger partial charge in [0.25, 0.3) is 0 Å². The highest BCUT2D eigenvalue weighted by atomic mass is 32.2. The quantitative estimate of drug-likeness (QED) is 0.851. The monoisotopic (exact) mass is 239 g/mol. The first-order valence-corrected chi connectivity index (χ1v) is 6.97. The second-order valence-corrected chi connectivity index (χ2v) is 5.68. The molecule has 2 atom stereocenters. The van der Waals surface area contributed by atoms with E-state index in [0.717, 1.165) is 25.2 Å². The first-order valence-electron chi connectivity index (χ1n) is 5.65. The molecule has 0 saturated carbocycles. The van der Waals surface area contributed by atoms with Crippen LogP contribution in [0.3, 0.4) is 0 Å². The van der Waals surface area contributed by atoms with Crippen LogP contribution in [0.2, 0.25) is 0 Å². The summed E-state index contributed by atoms with van der Waals surface area (Å²) in [6.07, 6.45) is 2.35. The van der Waals surface area contributed by atoms with E-state index in [4.69, 9.17) is 0 Å². The molecule has 1 N–H and O–H groups in total. The molecule has 1 aliphatic heterocycles. The Bertz CT molecular complexity index is 360. The Labute approximate surface area is 98.3 Å². The van der Waals surface area contributed by atoms with Crippen LogP contribution in [0.25, 0.3) is 0 Å². The Morgan fingerprint density at radius 3 is 3.00 bits per heavy atom. The minimum Gasteiger partial charge on any atom is -0.316 e. The summed E-state index contributed by atoms with van der Waals surface area (Å²) in [7, 11) is -1.00. The highest BCUT2D eigenvalue weighted by molar-refractivity contribution is 7.84. The minimum atomic E-state index is -1.00. The van der Waals surface area contributed by atoms with E-state index in [2.05, 4.69) is 15.5 Å². The Morgan fingerprint density at radius 2 is 2.38 bits per heavy atom. The van der Waals surface area contributed by atoms with Crippen LogP contribution in [0.4, 0.5) is 0 Å². The molecule has 0 amide bonds. The zero-order valence-corrected chi connectivity index (χ0v) is 10.3. The molecule has 0 bridgehead atoms. The number of aryl methyl sites for hydroxylation is 1. The Morgan fingerprint density at radius 1 is 1.50 bits per heavy atom. The molecule has 88 valence electrons. The molecule has 2 heterocycles. The summed E-state index contributed by atoms with van der Waals surface area (Å²) in [5.74, 6) is 1.21. The number of nitrogens with one attached hydrogen (secondary N) is 1. The number of hydrogen-bond donors (Lipinski definition) is 1. The summed E-state index contributed by atoms with van der Waals surface area (Å²) in [6, 6.07) is 3.67. The van der Waals surface area contributed by atoms with Crippen molar-refractivity contribution < 1.29 is 4.21 Å². The summed E-state index contributed by atoms with van der Waals surface area (Å²) in [5.41, 5.74) is 0.861. The van der Waals surface area contributed by atoms with Crippen LogP contribution < -0.4 is 5.32 Å². The number of hydrogen-bond acceptors (Lipinski definition) is 4. The highest BCUT2D eigenvalue weighted by Gasteiger charge is 2.17. The van der Waals surface area contributed by atoms with Gasteiger partial charge in [-0.25, -0.2) is 0 Å². The Balaban J connectivity index is 1.94. The van der Waals surface area contributed by atoms with Crippen molar-refractivity contribution in [3.8, 4) is 0 Å². The number of aromatic nitrogens is 2. The van der Waals surface area contributed by atoms with Crippen LogP contribution in [-0.2, 0) is 10.8 Å². The van der Waals surface area contributed by atoms with Gasteiger partial charge in [-0.05, 0) is 50.9 Å². The summed E-state index contributed by atoms with van der Waals surface area (Å²) in [6.45, 7) is 3.95. The van der Waals surface area contributed by atoms with E-state index in [0.29, 0.717) is 16.7 Å². The van der Waals surface area contributed by atoms with Crippen LogP contribution in [0.1, 0.15) is 18.5 Å². The average molecular weight is 239 g/mol. The first-order chi connectivity index (χ1) is 7.75. The first kappa shape index (κ1) is 11.7. The molecule has 2 rings (SSSR count). The van der Waals surface area contributed by atoms with Crippen molar-refractivity contribution in [2.75, 3.05) is 18.8 Å². The number of piperidine rings is 1. The molecule has 0 spiro atoms. The molecule has 1 saturated heterocycles. The van der Waals surface area contributed by atoms with Gasteiger partial charge in [-0.1, -0.05) is 0 Å². The molecule has 0 aliphatic carbocycles. The van der Waals surface area contributed by atoms with Crippen LogP contribution in [0.5, 0.6) is 0 Å². The van der Waals surface area contributed by atoms with Crippen molar-refractivity contribution >= 4 is 10.8 Å². The molecule has 1 aromatic heterocycles. The van der Waals surface area contributed by atoms with Crippen LogP contribution >= 0.6 is 0 Å². The second-order valence-electron chi connectivity index (χ2n) is 4.24. The van der Waals surface area contributed by atoms with Crippen molar-refractivity contribution in [1.29, 1.82) is 0 Å². The van der Waals surface area contributed by atoms with Crippen LogP contribution in [0, 0.1) is 12.8 Å². The lowest BCUT2D eigenvalue weighted by Crippen LogP contribution is -2.32. The lowest BCUT2D eigenvalue weighted by atomic mass is 10.0. The summed E-state index contributed by atoms with van der Waals surface area (Å²) >= 11 is 0. The van der Waals surface area contributed by atoms with Gasteiger partial charge in [0, 0.05) is 5.75 Å². The fourth-order valence-electron chi connectivity index (χ4n) is 1.87. The zero-order valence-electron chi connectivity index (χ0n) is 9.48. The number of rotatable bonds is 3. The van der Waals surface area contributed by atoms with E-state index in [1.165, 1.54) is 6.42 Å². The summed E-state index contributed by atoms with van der Waals surface area (Å²) in [5, 5.41) is 11.8. The van der Waals surface area contributed by atoms with Gasteiger partial charge in [0.1, 0.15) is 5.03 Å². The maximum atomic E-state index is 12.0. The Hall–Kier alpha value is -0.810. The van der Waals surface area contributed by atoms with E-state index in [-0.39, 0.29) is 0 Å². The smallest absolute Gasteiger partial charge is 0.149 e. The third-order valence-electron chi connectivity index (χ3n) is 2.79. The van der Waals surface area contributed by atoms with E-state index in [9.17, 15) is 4.21 Å². The normalized spacial score (nSPS) is 22.9. The summed E-state index contributed by atoms with van der Waals surface area (Å²) in [4.78, 5) is 0.